The molecule has 112 valence electrons. The molecule has 0 saturated carbocycles. The highest BCUT2D eigenvalue weighted by molar-refractivity contribution is 5.85. The van der Waals surface area contributed by atoms with Gasteiger partial charge >= 0.3 is 6.18 Å². The maximum absolute atomic E-state index is 12.8. The number of rotatable bonds is 3. The van der Waals surface area contributed by atoms with E-state index in [9.17, 15) is 13.2 Å². The number of nitrogens with one attached hydrogen (secondary N) is 1. The number of aromatic nitrogens is 4. The van der Waals surface area contributed by atoms with Gasteiger partial charge in [-0.25, -0.2) is 0 Å². The molecule has 9 heteroatoms. The minimum atomic E-state index is -4.41. The summed E-state index contributed by atoms with van der Waals surface area (Å²) in [5.41, 5.74) is 0.819. The molecular formula is C11H15ClF3N5. The molecule has 0 radical (unpaired) electrons. The Labute approximate surface area is 120 Å². The summed E-state index contributed by atoms with van der Waals surface area (Å²) < 4.78 is 41.0. The predicted molar refractivity (Wildman–Crippen MR) is 70.7 cm³/mol. The number of aryl methyl sites for hydroxylation is 3. The third-order valence-corrected chi connectivity index (χ3v) is 2.77. The Morgan fingerprint density at radius 3 is 2.45 bits per heavy atom. The molecule has 2 heterocycles. The van der Waals surface area contributed by atoms with Crippen LogP contribution in [0.2, 0.25) is 0 Å². The van der Waals surface area contributed by atoms with Gasteiger partial charge in [-0.15, -0.1) is 12.4 Å². The lowest BCUT2D eigenvalue weighted by Crippen LogP contribution is -2.15. The number of hydrogen-bond acceptors (Lipinski definition) is 3. The van der Waals surface area contributed by atoms with Gasteiger partial charge in [-0.05, 0) is 6.92 Å². The molecule has 2 aromatic rings. The molecule has 0 aliphatic heterocycles. The molecule has 20 heavy (non-hydrogen) atoms. The molecule has 0 amide bonds. The predicted octanol–water partition coefficient (Wildman–Crippen LogP) is 2.51. The Balaban J connectivity index is 0.00000200. The normalized spacial score (nSPS) is 11.3. The first-order valence-corrected chi connectivity index (χ1v) is 5.61. The smallest absolute Gasteiger partial charge is 0.378 e. The average molecular weight is 310 g/mol. The summed E-state index contributed by atoms with van der Waals surface area (Å²) in [5.74, 6) is 0. The zero-order chi connectivity index (χ0) is 14.2. The summed E-state index contributed by atoms with van der Waals surface area (Å²) in [6, 6.07) is 0. The molecule has 2 aromatic heterocycles. The van der Waals surface area contributed by atoms with Crippen molar-refractivity contribution in [2.45, 2.75) is 19.6 Å². The molecule has 0 aliphatic rings. The van der Waals surface area contributed by atoms with Crippen molar-refractivity contribution in [2.75, 3.05) is 5.32 Å². The second-order valence-electron chi connectivity index (χ2n) is 4.30. The Hall–Kier alpha value is -1.70. The lowest BCUT2D eigenvalue weighted by atomic mass is 10.2. The Morgan fingerprint density at radius 1 is 1.30 bits per heavy atom. The second kappa shape index (κ2) is 5.74. The first-order valence-electron chi connectivity index (χ1n) is 5.61. The number of alkyl halides is 3. The third-order valence-electron chi connectivity index (χ3n) is 2.77. The van der Waals surface area contributed by atoms with E-state index in [-0.39, 0.29) is 24.5 Å². The van der Waals surface area contributed by atoms with Crippen molar-refractivity contribution in [1.82, 2.24) is 19.6 Å². The summed E-state index contributed by atoms with van der Waals surface area (Å²) >= 11 is 0. The number of anilines is 1. The van der Waals surface area contributed by atoms with Gasteiger partial charge in [-0.3, -0.25) is 9.36 Å². The molecule has 5 nitrogen and oxygen atoms in total. The molecule has 0 unspecified atom stereocenters. The van der Waals surface area contributed by atoms with Crippen LogP contribution >= 0.6 is 12.4 Å². The fraction of sp³-hybridized carbons (Fsp3) is 0.455. The highest BCUT2D eigenvalue weighted by Crippen LogP contribution is 2.31. The van der Waals surface area contributed by atoms with Gasteiger partial charge in [0.05, 0.1) is 17.6 Å². The second-order valence-corrected chi connectivity index (χ2v) is 4.30. The number of nitrogens with zero attached hydrogens (tertiary/aromatic N) is 4. The first-order chi connectivity index (χ1) is 8.79. The van der Waals surface area contributed by atoms with Crippen molar-refractivity contribution in [3.05, 3.63) is 29.3 Å². The maximum atomic E-state index is 12.8. The van der Waals surface area contributed by atoms with Crippen LogP contribution in [-0.4, -0.2) is 19.6 Å². The van der Waals surface area contributed by atoms with Crippen molar-refractivity contribution in [2.24, 2.45) is 14.1 Å². The van der Waals surface area contributed by atoms with Gasteiger partial charge < -0.3 is 5.32 Å². The lowest BCUT2D eigenvalue weighted by Gasteiger charge is -2.10. The monoisotopic (exact) mass is 309 g/mol. The molecular weight excluding hydrogens is 295 g/mol. The van der Waals surface area contributed by atoms with Crippen LogP contribution in [0.5, 0.6) is 0 Å². The minimum absolute atomic E-state index is 0. The van der Waals surface area contributed by atoms with Crippen molar-refractivity contribution >= 4 is 18.1 Å². The van der Waals surface area contributed by atoms with Gasteiger partial charge in [0.25, 0.3) is 0 Å². The summed E-state index contributed by atoms with van der Waals surface area (Å²) in [7, 11) is 3.03. The van der Waals surface area contributed by atoms with Crippen LogP contribution in [0.25, 0.3) is 0 Å². The number of hydrogen-bond donors (Lipinski definition) is 1. The highest BCUT2D eigenvalue weighted by atomic mass is 35.5. The minimum Gasteiger partial charge on any atom is -0.378 e. The van der Waals surface area contributed by atoms with E-state index >= 15 is 0 Å². The summed E-state index contributed by atoms with van der Waals surface area (Å²) in [5, 5.41) is 10.7. The van der Waals surface area contributed by atoms with Gasteiger partial charge in [0.15, 0.2) is 0 Å². The maximum Gasteiger partial charge on any atom is 0.433 e. The van der Waals surface area contributed by atoms with Crippen LogP contribution in [0.3, 0.4) is 0 Å². The van der Waals surface area contributed by atoms with Crippen LogP contribution in [0.15, 0.2) is 12.4 Å². The molecule has 0 fully saturated rings. The quantitative estimate of drug-likeness (QED) is 0.947. The van der Waals surface area contributed by atoms with E-state index in [1.165, 1.54) is 13.2 Å². The van der Waals surface area contributed by atoms with Crippen LogP contribution in [-0.2, 0) is 26.8 Å². The van der Waals surface area contributed by atoms with Gasteiger partial charge in [-0.1, -0.05) is 0 Å². The molecule has 0 aromatic carbocycles. The van der Waals surface area contributed by atoms with E-state index in [1.807, 2.05) is 0 Å². The molecule has 0 saturated heterocycles. The van der Waals surface area contributed by atoms with E-state index < -0.39 is 11.9 Å². The summed E-state index contributed by atoms with van der Waals surface area (Å²) in [4.78, 5) is 0. The van der Waals surface area contributed by atoms with Gasteiger partial charge in [0, 0.05) is 32.4 Å². The Bertz CT molecular complexity index is 587. The van der Waals surface area contributed by atoms with Gasteiger partial charge in [0.1, 0.15) is 5.69 Å². The highest BCUT2D eigenvalue weighted by Gasteiger charge is 2.37. The molecule has 0 bridgehead atoms. The van der Waals surface area contributed by atoms with E-state index in [2.05, 4.69) is 15.5 Å². The van der Waals surface area contributed by atoms with E-state index in [1.54, 1.807) is 24.9 Å². The average Bonchev–Trinajstić information content (AvgIpc) is 2.78. The number of halogens is 4. The molecule has 0 aliphatic carbocycles. The molecule has 1 N–H and O–H groups in total. The first kappa shape index (κ1) is 16.4. The summed E-state index contributed by atoms with van der Waals surface area (Å²) in [6.07, 6.45) is -1.47. The van der Waals surface area contributed by atoms with E-state index in [0.717, 1.165) is 10.4 Å². The summed E-state index contributed by atoms with van der Waals surface area (Å²) in [6.45, 7) is 1.84. The fourth-order valence-corrected chi connectivity index (χ4v) is 1.94. The fourth-order valence-electron chi connectivity index (χ4n) is 1.94. The standard InChI is InChI=1S/C11H14F3N5.ClH/c1-7-9(6-18(2)17-7)15-4-8-5-16-19(3)10(8)11(12,13)14;/h5-6,15H,4H2,1-3H3;1H. The van der Waals surface area contributed by atoms with Crippen molar-refractivity contribution in [3.63, 3.8) is 0 Å². The van der Waals surface area contributed by atoms with Gasteiger partial charge in [0.2, 0.25) is 0 Å². The van der Waals surface area contributed by atoms with Crippen LogP contribution in [0, 0.1) is 6.92 Å². The third kappa shape index (κ3) is 3.24. The zero-order valence-electron chi connectivity index (χ0n) is 11.2. The van der Waals surface area contributed by atoms with Crippen molar-refractivity contribution < 1.29 is 13.2 Å². The zero-order valence-corrected chi connectivity index (χ0v) is 12.0. The lowest BCUT2D eigenvalue weighted by molar-refractivity contribution is -0.144. The van der Waals surface area contributed by atoms with Crippen molar-refractivity contribution in [1.29, 1.82) is 0 Å². The molecule has 0 spiro atoms. The van der Waals surface area contributed by atoms with Gasteiger partial charge in [-0.2, -0.15) is 23.4 Å². The largest absolute Gasteiger partial charge is 0.433 e. The van der Waals surface area contributed by atoms with Crippen LogP contribution in [0.4, 0.5) is 18.9 Å². The van der Waals surface area contributed by atoms with E-state index in [4.69, 9.17) is 0 Å². The Kier molecular flexibility index (Phi) is 4.69. The van der Waals surface area contributed by atoms with Crippen LogP contribution in [0.1, 0.15) is 17.0 Å². The molecule has 0 atom stereocenters. The van der Waals surface area contributed by atoms with E-state index in [0.29, 0.717) is 5.69 Å². The van der Waals surface area contributed by atoms with Crippen molar-refractivity contribution in [3.8, 4) is 0 Å². The Morgan fingerprint density at radius 2 is 1.95 bits per heavy atom. The molecule has 2 rings (SSSR count). The van der Waals surface area contributed by atoms with Crippen LogP contribution < -0.4 is 5.32 Å². The topological polar surface area (TPSA) is 47.7 Å². The SMILES string of the molecule is Cc1nn(C)cc1NCc1cnn(C)c1C(F)(F)F.Cl.